The van der Waals surface area contributed by atoms with Crippen molar-refractivity contribution in [3.05, 3.63) is 98.1 Å². The molecule has 0 aliphatic rings. The van der Waals surface area contributed by atoms with Crippen LogP contribution in [0.25, 0.3) is 0 Å². The number of rotatable bonds is 0. The van der Waals surface area contributed by atoms with Crippen molar-refractivity contribution < 1.29 is 9.59 Å². The molecule has 4 aromatic heterocycles. The zero-order chi connectivity index (χ0) is 16.8. The second-order valence-electron chi connectivity index (χ2n) is 4.93. The molecule has 0 saturated heterocycles. The topological polar surface area (TPSA) is 53.9 Å². The van der Waals surface area contributed by atoms with Crippen LogP contribution >= 0.6 is 0 Å². The second kappa shape index (κ2) is 7.15. The summed E-state index contributed by atoms with van der Waals surface area (Å²) in [6, 6.07) is 14.4. The van der Waals surface area contributed by atoms with E-state index in [1.807, 2.05) is 48.5 Å². The largest absolute Gasteiger partial charge is 0.336 e. The van der Waals surface area contributed by atoms with E-state index in [-0.39, 0.29) is 12.1 Å². The molecule has 120 valence electrons. The molecule has 0 N–H and O–H groups in total. The Morgan fingerprint density at radius 3 is 0.708 bits per heavy atom. The third kappa shape index (κ3) is 3.44. The molecular weight excluding hydrogens is 304 g/mol. The van der Waals surface area contributed by atoms with Crippen LogP contribution in [0, 0.1) is 0 Å². The predicted molar refractivity (Wildman–Crippen MR) is 90.1 cm³/mol. The molecule has 0 amide bonds. The fourth-order valence-corrected chi connectivity index (χ4v) is 2.11. The zero-order valence-corrected chi connectivity index (χ0v) is 12.8. The van der Waals surface area contributed by atoms with Crippen molar-refractivity contribution >= 4 is 12.1 Å². The highest BCUT2D eigenvalue weighted by Crippen LogP contribution is 1.97. The van der Waals surface area contributed by atoms with Crippen molar-refractivity contribution in [3.63, 3.8) is 0 Å². The summed E-state index contributed by atoms with van der Waals surface area (Å²) >= 11 is 0. The van der Waals surface area contributed by atoms with Gasteiger partial charge in [-0.25, -0.2) is 9.59 Å². The third-order valence-corrected chi connectivity index (χ3v) is 3.30. The van der Waals surface area contributed by atoms with E-state index in [1.54, 1.807) is 49.6 Å². The summed E-state index contributed by atoms with van der Waals surface area (Å²) in [5, 5.41) is 0. The lowest BCUT2D eigenvalue weighted by Crippen LogP contribution is -2.15. The number of aromatic nitrogens is 4. The van der Waals surface area contributed by atoms with Crippen LogP contribution in [0.3, 0.4) is 0 Å². The Kier molecular flexibility index (Phi) is 4.57. The molecule has 4 aromatic rings. The van der Waals surface area contributed by atoms with Gasteiger partial charge < -0.3 is 0 Å². The van der Waals surface area contributed by atoms with Crippen molar-refractivity contribution in [3.8, 4) is 0 Å². The van der Waals surface area contributed by atoms with E-state index in [4.69, 9.17) is 0 Å². The van der Waals surface area contributed by atoms with Gasteiger partial charge in [-0.2, -0.15) is 0 Å². The molecule has 0 atom stereocenters. The van der Waals surface area contributed by atoms with E-state index in [0.717, 1.165) is 0 Å². The lowest BCUT2D eigenvalue weighted by atomic mass is 10.7. The number of hydrogen-bond donors (Lipinski definition) is 0. The van der Waals surface area contributed by atoms with Crippen LogP contribution in [-0.2, 0) is 0 Å². The summed E-state index contributed by atoms with van der Waals surface area (Å²) in [4.78, 5) is 23.0. The van der Waals surface area contributed by atoms with Crippen molar-refractivity contribution in [2.24, 2.45) is 0 Å². The lowest BCUT2D eigenvalue weighted by molar-refractivity contribution is 0.243. The molecule has 6 nitrogen and oxygen atoms in total. The van der Waals surface area contributed by atoms with Gasteiger partial charge in [-0.3, -0.25) is 18.3 Å². The summed E-state index contributed by atoms with van der Waals surface area (Å²) in [5.74, 6) is 0. The SMILES string of the molecule is O=C(n1cccc1)n1cccc1.O=C(n1cccc1)n1cccc1. The zero-order valence-electron chi connectivity index (χ0n) is 12.8. The van der Waals surface area contributed by atoms with Crippen LogP contribution < -0.4 is 0 Å². The first kappa shape index (κ1) is 15.4. The molecule has 0 radical (unpaired) electrons. The molecule has 4 heterocycles. The molecule has 24 heavy (non-hydrogen) atoms. The van der Waals surface area contributed by atoms with E-state index in [0.29, 0.717) is 0 Å². The summed E-state index contributed by atoms with van der Waals surface area (Å²) in [7, 11) is 0. The van der Waals surface area contributed by atoms with Gasteiger partial charge in [0, 0.05) is 49.6 Å². The van der Waals surface area contributed by atoms with Crippen LogP contribution in [0.15, 0.2) is 98.1 Å². The number of carbonyl (C=O) groups excluding carboxylic acids is 2. The molecule has 0 fully saturated rings. The van der Waals surface area contributed by atoms with Gasteiger partial charge >= 0.3 is 12.1 Å². The summed E-state index contributed by atoms with van der Waals surface area (Å²) in [5.41, 5.74) is 0. The minimum Gasteiger partial charge on any atom is -0.276 e. The number of carbonyl (C=O) groups is 2. The van der Waals surface area contributed by atoms with E-state index < -0.39 is 0 Å². The molecule has 0 aromatic carbocycles. The summed E-state index contributed by atoms with van der Waals surface area (Å²) in [6.07, 6.45) is 13.8. The third-order valence-electron chi connectivity index (χ3n) is 3.30. The van der Waals surface area contributed by atoms with E-state index in [9.17, 15) is 9.59 Å². The predicted octanol–water partition coefficient (Wildman–Crippen LogP) is 3.61. The molecule has 0 aliphatic heterocycles. The molecule has 0 unspecified atom stereocenters. The molecule has 0 aliphatic carbocycles. The number of nitrogens with zero attached hydrogens (tertiary/aromatic N) is 4. The first-order valence-electron chi connectivity index (χ1n) is 7.37. The average molecular weight is 320 g/mol. The highest BCUT2D eigenvalue weighted by atomic mass is 16.2. The first-order valence-corrected chi connectivity index (χ1v) is 7.37. The van der Waals surface area contributed by atoms with Crippen molar-refractivity contribution in [2.75, 3.05) is 0 Å². The molecular formula is C18H16N4O2. The van der Waals surface area contributed by atoms with Gasteiger partial charge in [0.05, 0.1) is 0 Å². The van der Waals surface area contributed by atoms with Crippen molar-refractivity contribution in [1.82, 2.24) is 18.3 Å². The highest BCUT2D eigenvalue weighted by molar-refractivity contribution is 5.79. The van der Waals surface area contributed by atoms with Crippen LogP contribution in [-0.4, -0.2) is 30.3 Å². The molecule has 0 saturated carbocycles. The smallest absolute Gasteiger partial charge is 0.276 e. The van der Waals surface area contributed by atoms with Gasteiger partial charge in [0.25, 0.3) is 0 Å². The summed E-state index contributed by atoms with van der Waals surface area (Å²) in [6.45, 7) is 0. The normalized spacial score (nSPS) is 10.0. The van der Waals surface area contributed by atoms with E-state index in [2.05, 4.69) is 0 Å². The minimum absolute atomic E-state index is 0.0648. The van der Waals surface area contributed by atoms with Crippen LogP contribution in [0.4, 0.5) is 9.59 Å². The molecule has 4 rings (SSSR count). The Balaban J connectivity index is 0.000000141. The quantitative estimate of drug-likeness (QED) is 0.497. The monoisotopic (exact) mass is 320 g/mol. The standard InChI is InChI=1S/2C9H8N2O/c2*12-9(10-5-1-2-6-10)11-7-3-4-8-11/h2*1-8H. The first-order chi connectivity index (χ1) is 11.8. The van der Waals surface area contributed by atoms with E-state index in [1.165, 1.54) is 18.3 Å². The Hall–Kier alpha value is -3.54. The Labute approximate surface area is 138 Å². The maximum absolute atomic E-state index is 11.5. The molecule has 0 spiro atoms. The van der Waals surface area contributed by atoms with Gasteiger partial charge in [0.2, 0.25) is 0 Å². The average Bonchev–Trinajstić information content (AvgIpc) is 3.43. The van der Waals surface area contributed by atoms with Gasteiger partial charge in [0.15, 0.2) is 0 Å². The van der Waals surface area contributed by atoms with Crippen molar-refractivity contribution in [1.29, 1.82) is 0 Å². The van der Waals surface area contributed by atoms with Crippen LogP contribution in [0.2, 0.25) is 0 Å². The highest BCUT2D eigenvalue weighted by Gasteiger charge is 2.03. The van der Waals surface area contributed by atoms with Gasteiger partial charge in [0.1, 0.15) is 0 Å². The Bertz CT molecular complexity index is 722. The maximum atomic E-state index is 11.5. The molecule has 6 heteroatoms. The second-order valence-corrected chi connectivity index (χ2v) is 4.93. The fraction of sp³-hybridized carbons (Fsp3) is 0. The Morgan fingerprint density at radius 1 is 0.375 bits per heavy atom. The van der Waals surface area contributed by atoms with E-state index >= 15 is 0 Å². The molecule has 0 bridgehead atoms. The van der Waals surface area contributed by atoms with Crippen LogP contribution in [0.5, 0.6) is 0 Å². The minimum atomic E-state index is -0.0648. The lowest BCUT2D eigenvalue weighted by Gasteiger charge is -2.00. The van der Waals surface area contributed by atoms with Gasteiger partial charge in [-0.1, -0.05) is 0 Å². The fourth-order valence-electron chi connectivity index (χ4n) is 2.11. The maximum Gasteiger partial charge on any atom is 0.336 e. The van der Waals surface area contributed by atoms with Gasteiger partial charge in [-0.15, -0.1) is 0 Å². The number of hydrogen-bond acceptors (Lipinski definition) is 2. The Morgan fingerprint density at radius 2 is 0.542 bits per heavy atom. The van der Waals surface area contributed by atoms with Gasteiger partial charge in [-0.05, 0) is 48.5 Å². The summed E-state index contributed by atoms with van der Waals surface area (Å²) < 4.78 is 6.11. The van der Waals surface area contributed by atoms with Crippen molar-refractivity contribution in [2.45, 2.75) is 0 Å². The van der Waals surface area contributed by atoms with Crippen LogP contribution in [0.1, 0.15) is 0 Å².